The smallest absolute Gasteiger partial charge is 0.258 e. The van der Waals surface area contributed by atoms with Gasteiger partial charge in [0.2, 0.25) is 0 Å². The lowest BCUT2D eigenvalue weighted by Crippen LogP contribution is -2.23. The Hall–Kier alpha value is -2.17. The molecule has 1 heterocycles. The molecule has 2 N–H and O–H groups in total. The van der Waals surface area contributed by atoms with Gasteiger partial charge in [-0.25, -0.2) is 0 Å². The van der Waals surface area contributed by atoms with Gasteiger partial charge >= 0.3 is 0 Å². The molecule has 0 spiro atoms. The Kier molecular flexibility index (Phi) is 2.44. The van der Waals surface area contributed by atoms with Crippen molar-refractivity contribution in [2.45, 2.75) is 6.92 Å². The second kappa shape index (κ2) is 3.77. The van der Waals surface area contributed by atoms with Crippen LogP contribution in [0.25, 0.3) is 0 Å². The predicted octanol–water partition coefficient (Wildman–Crippen LogP) is 0.320. The largest absolute Gasteiger partial charge is 0.352 e. The van der Waals surface area contributed by atoms with Crippen molar-refractivity contribution < 1.29 is 14.4 Å². The number of fused-ring (bicyclic) bond motifs is 1. The van der Waals surface area contributed by atoms with Gasteiger partial charge in [0.1, 0.15) is 0 Å². The summed E-state index contributed by atoms with van der Waals surface area (Å²) in [5.74, 6) is -1.12. The Morgan fingerprint density at radius 2 is 1.94 bits per heavy atom. The first kappa shape index (κ1) is 10.4. The van der Waals surface area contributed by atoms with E-state index in [9.17, 15) is 14.4 Å². The number of hydrogen-bond donors (Lipinski definition) is 2. The number of rotatable bonds is 2. The van der Waals surface area contributed by atoms with Crippen molar-refractivity contribution in [2.24, 2.45) is 0 Å². The van der Waals surface area contributed by atoms with Crippen molar-refractivity contribution >= 4 is 17.7 Å². The van der Waals surface area contributed by atoms with Gasteiger partial charge in [-0.05, 0) is 25.1 Å². The quantitative estimate of drug-likeness (QED) is 0.702. The van der Waals surface area contributed by atoms with Crippen LogP contribution in [0.2, 0.25) is 0 Å². The molecule has 1 aromatic carbocycles. The SMILES string of the molecule is CCNC(=O)c1ccc2c(c1)C(=O)NC2=O. The van der Waals surface area contributed by atoms with Crippen LogP contribution in [0.4, 0.5) is 0 Å². The number of hydrogen-bond acceptors (Lipinski definition) is 3. The van der Waals surface area contributed by atoms with E-state index in [1.165, 1.54) is 18.2 Å². The van der Waals surface area contributed by atoms with Crippen molar-refractivity contribution in [3.05, 3.63) is 34.9 Å². The van der Waals surface area contributed by atoms with Gasteiger partial charge in [0.05, 0.1) is 11.1 Å². The van der Waals surface area contributed by atoms with E-state index in [1.54, 1.807) is 0 Å². The van der Waals surface area contributed by atoms with Crippen LogP contribution in [0.1, 0.15) is 38.0 Å². The van der Waals surface area contributed by atoms with Gasteiger partial charge in [-0.1, -0.05) is 0 Å². The number of carbonyl (C=O) groups is 3. The Morgan fingerprint density at radius 1 is 1.25 bits per heavy atom. The van der Waals surface area contributed by atoms with E-state index in [0.717, 1.165) is 0 Å². The van der Waals surface area contributed by atoms with E-state index in [4.69, 9.17) is 0 Å². The van der Waals surface area contributed by atoms with Crippen LogP contribution >= 0.6 is 0 Å². The van der Waals surface area contributed by atoms with E-state index in [2.05, 4.69) is 10.6 Å². The lowest BCUT2D eigenvalue weighted by molar-refractivity contribution is 0.0878. The summed E-state index contributed by atoms with van der Waals surface area (Å²) in [7, 11) is 0. The molecule has 0 atom stereocenters. The molecule has 0 aromatic heterocycles. The zero-order valence-corrected chi connectivity index (χ0v) is 8.66. The summed E-state index contributed by atoms with van der Waals surface area (Å²) >= 11 is 0. The van der Waals surface area contributed by atoms with Crippen LogP contribution in [-0.4, -0.2) is 24.3 Å². The molecule has 0 bridgehead atoms. The Labute approximate surface area is 91.8 Å². The maximum atomic E-state index is 11.5. The fourth-order valence-electron chi connectivity index (χ4n) is 1.57. The highest BCUT2D eigenvalue weighted by atomic mass is 16.2. The fraction of sp³-hybridized carbons (Fsp3) is 0.182. The Bertz CT molecular complexity index is 494. The molecule has 5 nitrogen and oxygen atoms in total. The topological polar surface area (TPSA) is 75.3 Å². The van der Waals surface area contributed by atoms with Gasteiger partial charge in [-0.3, -0.25) is 19.7 Å². The monoisotopic (exact) mass is 218 g/mol. The predicted molar refractivity (Wildman–Crippen MR) is 56.2 cm³/mol. The molecule has 16 heavy (non-hydrogen) atoms. The van der Waals surface area contributed by atoms with Crippen LogP contribution in [0.5, 0.6) is 0 Å². The lowest BCUT2D eigenvalue weighted by Gasteiger charge is -2.02. The molecule has 0 saturated heterocycles. The van der Waals surface area contributed by atoms with Crippen molar-refractivity contribution in [1.29, 1.82) is 0 Å². The van der Waals surface area contributed by atoms with Crippen molar-refractivity contribution in [1.82, 2.24) is 10.6 Å². The minimum atomic E-state index is -0.453. The van der Waals surface area contributed by atoms with E-state index in [-0.39, 0.29) is 11.5 Å². The summed E-state index contributed by atoms with van der Waals surface area (Å²) in [6, 6.07) is 4.45. The normalized spacial score (nSPS) is 13.3. The zero-order valence-electron chi connectivity index (χ0n) is 8.66. The highest BCUT2D eigenvalue weighted by molar-refractivity contribution is 6.22. The summed E-state index contributed by atoms with van der Waals surface area (Å²) < 4.78 is 0. The van der Waals surface area contributed by atoms with Gasteiger partial charge in [-0.15, -0.1) is 0 Å². The van der Waals surface area contributed by atoms with Crippen LogP contribution in [0.3, 0.4) is 0 Å². The molecule has 1 aliphatic heterocycles. The fourth-order valence-corrected chi connectivity index (χ4v) is 1.57. The van der Waals surface area contributed by atoms with Gasteiger partial charge in [0.15, 0.2) is 0 Å². The third kappa shape index (κ3) is 1.56. The van der Waals surface area contributed by atoms with E-state index < -0.39 is 11.8 Å². The van der Waals surface area contributed by atoms with Crippen LogP contribution < -0.4 is 10.6 Å². The number of imide groups is 1. The lowest BCUT2D eigenvalue weighted by atomic mass is 10.1. The van der Waals surface area contributed by atoms with E-state index in [0.29, 0.717) is 17.7 Å². The average molecular weight is 218 g/mol. The van der Waals surface area contributed by atoms with Gasteiger partial charge in [0, 0.05) is 12.1 Å². The first-order valence-corrected chi connectivity index (χ1v) is 4.91. The third-order valence-corrected chi connectivity index (χ3v) is 2.34. The molecule has 0 fully saturated rings. The van der Waals surface area contributed by atoms with E-state index in [1.807, 2.05) is 6.92 Å². The second-order valence-corrected chi connectivity index (χ2v) is 3.40. The molecular weight excluding hydrogens is 208 g/mol. The first-order chi connectivity index (χ1) is 7.63. The van der Waals surface area contributed by atoms with Crippen LogP contribution in [0, 0.1) is 0 Å². The zero-order chi connectivity index (χ0) is 11.7. The van der Waals surface area contributed by atoms with Crippen molar-refractivity contribution in [3.8, 4) is 0 Å². The second-order valence-electron chi connectivity index (χ2n) is 3.40. The molecule has 5 heteroatoms. The molecule has 82 valence electrons. The molecule has 1 aliphatic rings. The molecule has 0 unspecified atom stereocenters. The van der Waals surface area contributed by atoms with Gasteiger partial charge in [0.25, 0.3) is 17.7 Å². The Morgan fingerprint density at radius 3 is 2.62 bits per heavy atom. The Balaban J connectivity index is 2.40. The van der Waals surface area contributed by atoms with Crippen molar-refractivity contribution in [2.75, 3.05) is 6.54 Å². The molecule has 0 saturated carbocycles. The number of benzene rings is 1. The molecule has 0 radical (unpaired) electrons. The third-order valence-electron chi connectivity index (χ3n) is 2.34. The standard InChI is InChI=1S/C11H10N2O3/c1-2-12-9(14)6-3-4-7-8(5-6)11(16)13-10(7)15/h3-5H,2H2,1H3,(H,12,14)(H,13,15,16). The minimum absolute atomic E-state index is 0.252. The molecule has 2 rings (SSSR count). The molecule has 1 aromatic rings. The van der Waals surface area contributed by atoms with Crippen LogP contribution in [0.15, 0.2) is 18.2 Å². The van der Waals surface area contributed by atoms with Gasteiger partial charge < -0.3 is 5.32 Å². The highest BCUT2D eigenvalue weighted by Crippen LogP contribution is 2.17. The first-order valence-electron chi connectivity index (χ1n) is 4.91. The van der Waals surface area contributed by atoms with Crippen LogP contribution in [-0.2, 0) is 0 Å². The minimum Gasteiger partial charge on any atom is -0.352 e. The number of nitrogens with one attached hydrogen (secondary N) is 2. The molecular formula is C11H10N2O3. The maximum absolute atomic E-state index is 11.5. The number of amides is 3. The van der Waals surface area contributed by atoms with Gasteiger partial charge in [-0.2, -0.15) is 0 Å². The summed E-state index contributed by atoms with van der Waals surface area (Å²) in [5, 5.41) is 4.79. The maximum Gasteiger partial charge on any atom is 0.258 e. The average Bonchev–Trinajstić information content (AvgIpc) is 2.55. The molecule has 3 amide bonds. The van der Waals surface area contributed by atoms with Crippen molar-refractivity contribution in [3.63, 3.8) is 0 Å². The number of carbonyl (C=O) groups excluding carboxylic acids is 3. The van der Waals surface area contributed by atoms with E-state index >= 15 is 0 Å². The summed E-state index contributed by atoms with van der Waals surface area (Å²) in [6.07, 6.45) is 0. The molecule has 0 aliphatic carbocycles. The summed E-state index contributed by atoms with van der Waals surface area (Å²) in [4.78, 5) is 34.1. The summed E-state index contributed by atoms with van der Waals surface area (Å²) in [6.45, 7) is 2.32. The summed E-state index contributed by atoms with van der Waals surface area (Å²) in [5.41, 5.74) is 0.956. The highest BCUT2D eigenvalue weighted by Gasteiger charge is 2.27.